The fraction of sp³-hybridized carbons (Fsp3) is 0.100. The molecule has 0 saturated carbocycles. The highest BCUT2D eigenvalue weighted by Crippen LogP contribution is 2.30. The van der Waals surface area contributed by atoms with Crippen LogP contribution in [0.4, 0.5) is 17.2 Å². The fourth-order valence-electron chi connectivity index (χ4n) is 2.51. The van der Waals surface area contributed by atoms with Gasteiger partial charge >= 0.3 is 0 Å². The van der Waals surface area contributed by atoms with Crippen molar-refractivity contribution in [3.63, 3.8) is 0 Å². The molecule has 0 saturated heterocycles. The summed E-state index contributed by atoms with van der Waals surface area (Å²) in [4.78, 5) is 14.8. The maximum Gasteiger partial charge on any atom is 0.157 e. The number of aryl methyl sites for hydroxylation is 1. The third-order valence-corrected chi connectivity index (χ3v) is 3.82. The number of nitrogens with zero attached hydrogens (tertiary/aromatic N) is 1. The molecule has 25 heavy (non-hydrogen) atoms. The molecule has 0 amide bonds. The molecule has 5 nitrogen and oxygen atoms in total. The predicted molar refractivity (Wildman–Crippen MR) is 104 cm³/mol. The molecule has 0 aliphatic rings. The van der Waals surface area contributed by atoms with E-state index >= 15 is 0 Å². The first kappa shape index (κ1) is 16.5. The highest BCUT2D eigenvalue weighted by molar-refractivity contribution is 5.73. The lowest BCUT2D eigenvalue weighted by Crippen LogP contribution is -2.01. The number of rotatable bonds is 6. The minimum absolute atomic E-state index is 0. The first-order chi connectivity index (χ1) is 12.2. The third kappa shape index (κ3) is 3.95. The van der Waals surface area contributed by atoms with Crippen molar-refractivity contribution in [1.29, 1.82) is 0 Å². The number of pyridine rings is 1. The minimum Gasteiger partial charge on any atom is -0.484 e. The number of carbonyl (C=O) groups is 1. The Kier molecular flexibility index (Phi) is 4.95. The van der Waals surface area contributed by atoms with Crippen LogP contribution in [0.5, 0.6) is 5.75 Å². The number of nitrogens with two attached hydrogens (primary N) is 1. The monoisotopic (exact) mass is 337 g/mol. The van der Waals surface area contributed by atoms with Crippen molar-refractivity contribution < 1.29 is 12.4 Å². The Morgan fingerprint density at radius 2 is 1.96 bits per heavy atom. The van der Waals surface area contributed by atoms with Crippen LogP contribution in [-0.2, 0) is 4.79 Å². The largest absolute Gasteiger partial charge is 0.484 e. The predicted octanol–water partition coefficient (Wildman–Crippen LogP) is 4.45. The highest BCUT2D eigenvalue weighted by atomic mass is 16.5. The number of anilines is 3. The van der Waals surface area contributed by atoms with Crippen molar-refractivity contribution in [2.45, 2.75) is 6.92 Å². The van der Waals surface area contributed by atoms with Gasteiger partial charge in [-0.05, 0) is 53.9 Å². The molecule has 0 aliphatic heterocycles. The zero-order valence-corrected chi connectivity index (χ0v) is 13.9. The third-order valence-electron chi connectivity index (χ3n) is 3.82. The van der Waals surface area contributed by atoms with Crippen molar-refractivity contribution in [3.8, 4) is 16.9 Å². The maximum absolute atomic E-state index is 10.4. The van der Waals surface area contributed by atoms with E-state index in [0.717, 1.165) is 28.2 Å². The van der Waals surface area contributed by atoms with Crippen LogP contribution in [0.1, 0.15) is 8.42 Å². The number of aromatic nitrogens is 1. The average Bonchev–Trinajstić information content (AvgIpc) is 2.63. The van der Waals surface area contributed by atoms with Gasteiger partial charge in [-0.1, -0.05) is 24.3 Å². The van der Waals surface area contributed by atoms with Gasteiger partial charge in [-0.2, -0.15) is 0 Å². The van der Waals surface area contributed by atoms with E-state index in [1.54, 1.807) is 12.3 Å². The van der Waals surface area contributed by atoms with Gasteiger partial charge < -0.3 is 15.8 Å². The zero-order chi connectivity index (χ0) is 17.6. The molecule has 130 valence electrons. The smallest absolute Gasteiger partial charge is 0.157 e. The number of nitrogens with one attached hydrogen (secondary N) is 1. The first-order valence-electron chi connectivity index (χ1n) is 7.92. The Bertz CT molecular complexity index is 904. The van der Waals surface area contributed by atoms with E-state index in [2.05, 4.69) is 10.3 Å². The van der Waals surface area contributed by atoms with Gasteiger partial charge in [0.15, 0.2) is 6.29 Å². The van der Waals surface area contributed by atoms with Gasteiger partial charge in [0.05, 0.1) is 5.69 Å². The molecule has 3 aromatic rings. The average molecular weight is 337 g/mol. The molecular formula is C20H23N3O2. The molecule has 0 radical (unpaired) electrons. The van der Waals surface area contributed by atoms with E-state index in [-0.39, 0.29) is 9.46 Å². The van der Waals surface area contributed by atoms with E-state index in [1.807, 2.05) is 55.5 Å². The Morgan fingerprint density at radius 1 is 1.16 bits per heavy atom. The number of hydrogen-bond acceptors (Lipinski definition) is 5. The van der Waals surface area contributed by atoms with Crippen LogP contribution >= 0.6 is 0 Å². The quantitative estimate of drug-likeness (QED) is 0.513. The van der Waals surface area contributed by atoms with Gasteiger partial charge in [0.2, 0.25) is 0 Å². The number of ether oxygens (including phenoxy) is 1. The maximum atomic E-state index is 10.4. The SMILES string of the molecule is Cc1ccccc1Nc1cc(-c2ccc(OCC=O)c(N)c2)ccn1.[HH].[HH]. The second-order valence-electron chi connectivity index (χ2n) is 5.60. The Balaban J connectivity index is 0.00000182. The topological polar surface area (TPSA) is 77.2 Å². The van der Waals surface area contributed by atoms with Crippen LogP contribution in [0.2, 0.25) is 0 Å². The number of carbonyl (C=O) groups excluding carboxylic acids is 1. The number of benzene rings is 2. The summed E-state index contributed by atoms with van der Waals surface area (Å²) in [6.45, 7) is 2.04. The van der Waals surface area contributed by atoms with Crippen molar-refractivity contribution in [2.24, 2.45) is 0 Å². The molecule has 3 rings (SSSR count). The number of hydrogen-bond donors (Lipinski definition) is 2. The molecule has 0 unspecified atom stereocenters. The molecule has 0 bridgehead atoms. The molecule has 0 spiro atoms. The Hall–Kier alpha value is -3.34. The summed E-state index contributed by atoms with van der Waals surface area (Å²) < 4.78 is 5.27. The highest BCUT2D eigenvalue weighted by Gasteiger charge is 2.06. The molecule has 0 aliphatic carbocycles. The molecule has 2 aromatic carbocycles. The van der Waals surface area contributed by atoms with Gasteiger partial charge in [0.25, 0.3) is 0 Å². The van der Waals surface area contributed by atoms with Gasteiger partial charge in [0, 0.05) is 14.7 Å². The summed E-state index contributed by atoms with van der Waals surface area (Å²) in [6, 6.07) is 17.4. The van der Waals surface area contributed by atoms with Crippen molar-refractivity contribution in [1.82, 2.24) is 4.98 Å². The van der Waals surface area contributed by atoms with E-state index < -0.39 is 0 Å². The van der Waals surface area contributed by atoms with E-state index in [9.17, 15) is 4.79 Å². The van der Waals surface area contributed by atoms with Crippen LogP contribution in [0.15, 0.2) is 60.8 Å². The van der Waals surface area contributed by atoms with Crippen LogP contribution in [0, 0.1) is 6.92 Å². The van der Waals surface area contributed by atoms with Crippen LogP contribution in [0.25, 0.3) is 11.1 Å². The summed E-state index contributed by atoms with van der Waals surface area (Å²) in [5.41, 5.74) is 10.6. The summed E-state index contributed by atoms with van der Waals surface area (Å²) in [7, 11) is 0. The summed E-state index contributed by atoms with van der Waals surface area (Å²) >= 11 is 0. The molecule has 0 atom stereocenters. The fourth-order valence-corrected chi connectivity index (χ4v) is 2.51. The van der Waals surface area contributed by atoms with Crippen molar-refractivity contribution >= 4 is 23.5 Å². The van der Waals surface area contributed by atoms with E-state index in [1.165, 1.54) is 0 Å². The molecule has 3 N–H and O–H groups in total. The van der Waals surface area contributed by atoms with Gasteiger partial charge in [-0.25, -0.2) is 4.98 Å². The first-order valence-corrected chi connectivity index (χ1v) is 7.92. The van der Waals surface area contributed by atoms with E-state index in [4.69, 9.17) is 10.5 Å². The number of aldehydes is 1. The van der Waals surface area contributed by atoms with Gasteiger partial charge in [0.1, 0.15) is 18.2 Å². The van der Waals surface area contributed by atoms with Crippen molar-refractivity contribution in [3.05, 3.63) is 66.4 Å². The second-order valence-corrected chi connectivity index (χ2v) is 5.60. The molecule has 1 heterocycles. The summed E-state index contributed by atoms with van der Waals surface area (Å²) in [5.74, 6) is 1.26. The number of nitrogen functional groups attached to an aromatic ring is 1. The van der Waals surface area contributed by atoms with E-state index in [0.29, 0.717) is 17.7 Å². The van der Waals surface area contributed by atoms with Crippen LogP contribution in [-0.4, -0.2) is 17.9 Å². The molecular weight excluding hydrogens is 314 g/mol. The van der Waals surface area contributed by atoms with Crippen LogP contribution in [0.3, 0.4) is 0 Å². The standard InChI is InChI=1S/C20H19N3O2.2H2/c1-14-4-2-3-5-18(14)23-20-13-16(8-9-22-20)15-6-7-19(17(21)12-15)25-11-10-24;;/h2-10,12-13H,11,21H2,1H3,(H,22,23);2*1H. The zero-order valence-electron chi connectivity index (χ0n) is 13.9. The lowest BCUT2D eigenvalue weighted by molar-refractivity contribution is -0.109. The summed E-state index contributed by atoms with van der Waals surface area (Å²) in [6.07, 6.45) is 2.45. The molecule has 1 aromatic heterocycles. The lowest BCUT2D eigenvalue weighted by Gasteiger charge is -2.11. The Labute approximate surface area is 149 Å². The number of para-hydroxylation sites is 1. The lowest BCUT2D eigenvalue weighted by atomic mass is 10.1. The van der Waals surface area contributed by atoms with Crippen LogP contribution < -0.4 is 15.8 Å². The Morgan fingerprint density at radius 3 is 2.72 bits per heavy atom. The second kappa shape index (κ2) is 7.49. The summed E-state index contributed by atoms with van der Waals surface area (Å²) in [5, 5.41) is 3.33. The normalized spacial score (nSPS) is 10.3. The van der Waals surface area contributed by atoms with Crippen molar-refractivity contribution in [2.75, 3.05) is 17.7 Å². The minimum atomic E-state index is -0.0106. The van der Waals surface area contributed by atoms with Gasteiger partial charge in [-0.15, -0.1) is 0 Å². The van der Waals surface area contributed by atoms with Gasteiger partial charge in [-0.3, -0.25) is 4.79 Å². The molecule has 0 fully saturated rings. The molecule has 5 heteroatoms.